The number of unbranched alkanes of at least 4 members (excludes halogenated alkanes) is 2. The molecule has 3 rings (SSSR count). The van der Waals surface area contributed by atoms with Gasteiger partial charge in [-0.1, -0.05) is 24.6 Å². The molecule has 1 heterocycles. The van der Waals surface area contributed by atoms with Crippen LogP contribution in [-0.4, -0.2) is 40.0 Å². The topological polar surface area (TPSA) is 52.7 Å². The lowest BCUT2D eigenvalue weighted by atomic mass is 10.0. The minimum atomic E-state index is -3.74. The van der Waals surface area contributed by atoms with E-state index >= 15 is 0 Å². The van der Waals surface area contributed by atoms with E-state index in [4.69, 9.17) is 0 Å². The number of fused-ring (bicyclic) bond motifs is 1. The summed E-state index contributed by atoms with van der Waals surface area (Å²) in [6.07, 6.45) is 7.06. The third-order valence-corrected chi connectivity index (χ3v) is 6.78. The molecule has 1 N–H and O–H groups in total. The van der Waals surface area contributed by atoms with Gasteiger partial charge in [-0.2, -0.15) is 8.42 Å². The summed E-state index contributed by atoms with van der Waals surface area (Å²) in [6, 6.07) is 11.4. The van der Waals surface area contributed by atoms with E-state index in [9.17, 15) is 12.8 Å². The molecule has 2 aromatic carbocycles. The Hall–Kier alpha value is -2.38. The van der Waals surface area contributed by atoms with Gasteiger partial charge in [-0.25, -0.2) is 4.39 Å². The number of aryl methyl sites for hydroxylation is 1. The minimum Gasteiger partial charge on any atom is -0.303 e. The predicted octanol–water partition coefficient (Wildman–Crippen LogP) is 4.38. The first-order valence-corrected chi connectivity index (χ1v) is 11.8. The molecule has 0 atom stereocenters. The summed E-state index contributed by atoms with van der Waals surface area (Å²) in [7, 11) is -1.64. The fourth-order valence-electron chi connectivity index (χ4n) is 3.75. The molecule has 1 aliphatic rings. The highest BCUT2D eigenvalue weighted by Gasteiger charge is 2.29. The number of nitrogens with zero attached hydrogens (tertiary/aromatic N) is 2. The van der Waals surface area contributed by atoms with Crippen molar-refractivity contribution < 1.29 is 12.8 Å². The minimum absolute atomic E-state index is 0.347. The second kappa shape index (κ2) is 10.1. The van der Waals surface area contributed by atoms with Gasteiger partial charge < -0.3 is 4.90 Å². The average molecular weight is 432 g/mol. The lowest BCUT2D eigenvalue weighted by Gasteiger charge is -2.20. The van der Waals surface area contributed by atoms with Crippen LogP contribution < -0.4 is 9.03 Å². The monoisotopic (exact) mass is 431 g/mol. The standard InChI is InChI=1S/C23H30FN3O2S/c1-3-15-26(2)16-6-4-5-7-19-8-13-23-20(18-19)14-17-27(23)30(28,29)25-22-11-9-21(24)10-12-22/h3,8-13,18,25H,1,4-7,14-17H2,2H3. The van der Waals surface area contributed by atoms with Crippen LogP contribution in [0.15, 0.2) is 55.1 Å². The maximum atomic E-state index is 13.1. The van der Waals surface area contributed by atoms with E-state index < -0.39 is 16.0 Å². The largest absolute Gasteiger partial charge is 0.323 e. The molecule has 0 saturated carbocycles. The molecule has 0 fully saturated rings. The maximum Gasteiger partial charge on any atom is 0.323 e. The van der Waals surface area contributed by atoms with Crippen molar-refractivity contribution >= 4 is 21.6 Å². The Bertz CT molecular complexity index is 961. The van der Waals surface area contributed by atoms with E-state index in [1.165, 1.54) is 40.6 Å². The van der Waals surface area contributed by atoms with Crippen molar-refractivity contribution in [2.75, 3.05) is 35.7 Å². The molecule has 30 heavy (non-hydrogen) atoms. The molecule has 0 bridgehead atoms. The summed E-state index contributed by atoms with van der Waals surface area (Å²) in [5.41, 5.74) is 3.38. The zero-order valence-electron chi connectivity index (χ0n) is 17.5. The SMILES string of the molecule is C=CCN(C)CCCCCc1ccc2c(c1)CCN2S(=O)(=O)Nc1ccc(F)cc1. The van der Waals surface area contributed by atoms with E-state index in [1.54, 1.807) is 0 Å². The van der Waals surface area contributed by atoms with Gasteiger partial charge in [-0.15, -0.1) is 6.58 Å². The number of nitrogens with one attached hydrogen (secondary N) is 1. The molecule has 0 saturated heterocycles. The van der Waals surface area contributed by atoms with Crippen LogP contribution in [0.25, 0.3) is 0 Å². The van der Waals surface area contributed by atoms with Crippen molar-refractivity contribution in [2.24, 2.45) is 0 Å². The normalized spacial score (nSPS) is 13.5. The summed E-state index contributed by atoms with van der Waals surface area (Å²) >= 11 is 0. The number of benzene rings is 2. The van der Waals surface area contributed by atoms with Gasteiger partial charge in [-0.05, 0) is 80.7 Å². The third-order valence-electron chi connectivity index (χ3n) is 5.32. The van der Waals surface area contributed by atoms with Gasteiger partial charge >= 0.3 is 10.2 Å². The van der Waals surface area contributed by atoms with Crippen LogP contribution in [0.5, 0.6) is 0 Å². The van der Waals surface area contributed by atoms with Gasteiger partial charge in [-0.3, -0.25) is 9.03 Å². The van der Waals surface area contributed by atoms with Crippen LogP contribution in [0.4, 0.5) is 15.8 Å². The van der Waals surface area contributed by atoms with Crippen molar-refractivity contribution in [2.45, 2.75) is 32.1 Å². The Morgan fingerprint density at radius 2 is 1.93 bits per heavy atom. The number of rotatable bonds is 11. The van der Waals surface area contributed by atoms with E-state index in [1.807, 2.05) is 18.2 Å². The molecule has 7 heteroatoms. The first-order valence-electron chi connectivity index (χ1n) is 10.4. The van der Waals surface area contributed by atoms with E-state index in [2.05, 4.69) is 29.3 Å². The molecule has 0 radical (unpaired) electrons. The van der Waals surface area contributed by atoms with E-state index in [0.717, 1.165) is 43.6 Å². The van der Waals surface area contributed by atoms with E-state index in [-0.39, 0.29) is 0 Å². The molecular weight excluding hydrogens is 401 g/mol. The number of likely N-dealkylation sites (N-methyl/N-ethyl adjacent to an activating group) is 1. The molecule has 2 aromatic rings. The van der Waals surface area contributed by atoms with Crippen molar-refractivity contribution in [1.82, 2.24) is 4.90 Å². The van der Waals surface area contributed by atoms with Crippen LogP contribution >= 0.6 is 0 Å². The molecule has 0 aromatic heterocycles. The molecule has 0 unspecified atom stereocenters. The Labute approximate surface area is 179 Å². The highest BCUT2D eigenvalue weighted by molar-refractivity contribution is 7.94. The van der Waals surface area contributed by atoms with Crippen molar-refractivity contribution in [3.63, 3.8) is 0 Å². The second-order valence-electron chi connectivity index (χ2n) is 7.76. The van der Waals surface area contributed by atoms with Crippen LogP contribution in [0.2, 0.25) is 0 Å². The fourth-order valence-corrected chi connectivity index (χ4v) is 5.06. The van der Waals surface area contributed by atoms with Gasteiger partial charge in [0.15, 0.2) is 0 Å². The average Bonchev–Trinajstić information content (AvgIpc) is 3.14. The molecule has 5 nitrogen and oxygen atoms in total. The van der Waals surface area contributed by atoms with Crippen molar-refractivity contribution in [3.05, 3.63) is 72.1 Å². The fraction of sp³-hybridized carbons (Fsp3) is 0.391. The van der Waals surface area contributed by atoms with Crippen molar-refractivity contribution in [3.8, 4) is 0 Å². The number of hydrogen-bond donors (Lipinski definition) is 1. The molecule has 162 valence electrons. The molecule has 0 amide bonds. The highest BCUT2D eigenvalue weighted by atomic mass is 32.2. The van der Waals surface area contributed by atoms with Gasteiger partial charge in [0, 0.05) is 13.1 Å². The smallest absolute Gasteiger partial charge is 0.303 e. The van der Waals surface area contributed by atoms with Crippen LogP contribution in [0.1, 0.15) is 30.4 Å². The lowest BCUT2D eigenvalue weighted by Crippen LogP contribution is -2.34. The summed E-state index contributed by atoms with van der Waals surface area (Å²) in [4.78, 5) is 2.26. The maximum absolute atomic E-state index is 13.1. The molecule has 0 aliphatic carbocycles. The number of anilines is 2. The Kier molecular flexibility index (Phi) is 7.50. The molecule has 0 spiro atoms. The molecule has 1 aliphatic heterocycles. The first kappa shape index (κ1) is 22.3. The van der Waals surface area contributed by atoms with Gasteiger partial charge in [0.25, 0.3) is 0 Å². The Balaban J connectivity index is 1.56. The first-order chi connectivity index (χ1) is 14.4. The third kappa shape index (κ3) is 5.83. The summed E-state index contributed by atoms with van der Waals surface area (Å²) in [5, 5.41) is 0. The zero-order valence-corrected chi connectivity index (χ0v) is 18.3. The van der Waals surface area contributed by atoms with E-state index in [0.29, 0.717) is 18.7 Å². The van der Waals surface area contributed by atoms with Gasteiger partial charge in [0.1, 0.15) is 5.82 Å². The predicted molar refractivity (Wildman–Crippen MR) is 122 cm³/mol. The lowest BCUT2D eigenvalue weighted by molar-refractivity contribution is 0.358. The van der Waals surface area contributed by atoms with Crippen molar-refractivity contribution in [1.29, 1.82) is 0 Å². The zero-order chi connectivity index (χ0) is 21.6. The van der Waals surface area contributed by atoms with Crippen LogP contribution in [0, 0.1) is 5.82 Å². The quantitative estimate of drug-likeness (QED) is 0.424. The Morgan fingerprint density at radius 1 is 1.17 bits per heavy atom. The van der Waals surface area contributed by atoms with Crippen LogP contribution in [0.3, 0.4) is 0 Å². The second-order valence-corrected chi connectivity index (χ2v) is 9.36. The summed E-state index contributed by atoms with van der Waals surface area (Å²) < 4.78 is 42.6. The van der Waals surface area contributed by atoms with Crippen LogP contribution in [-0.2, 0) is 23.1 Å². The summed E-state index contributed by atoms with van der Waals surface area (Å²) in [6.45, 7) is 6.16. The van der Waals surface area contributed by atoms with Gasteiger partial charge in [0.05, 0.1) is 11.4 Å². The summed E-state index contributed by atoms with van der Waals surface area (Å²) in [5.74, 6) is -0.402. The highest BCUT2D eigenvalue weighted by Crippen LogP contribution is 2.32. The number of hydrogen-bond acceptors (Lipinski definition) is 3. The Morgan fingerprint density at radius 3 is 2.67 bits per heavy atom. The number of halogens is 1. The van der Waals surface area contributed by atoms with Gasteiger partial charge in [0.2, 0.25) is 0 Å². The molecular formula is C23H30FN3O2S.